The van der Waals surface area contributed by atoms with Crippen molar-refractivity contribution < 1.29 is 9.18 Å². The molecule has 6 nitrogen and oxygen atoms in total. The molecule has 116 valence electrons. The molecule has 0 radical (unpaired) electrons. The van der Waals surface area contributed by atoms with Gasteiger partial charge in [0.25, 0.3) is 0 Å². The van der Waals surface area contributed by atoms with Crippen LogP contribution in [-0.4, -0.2) is 33.8 Å². The van der Waals surface area contributed by atoms with Crippen molar-refractivity contribution in [3.63, 3.8) is 0 Å². The van der Waals surface area contributed by atoms with Crippen LogP contribution in [0.4, 0.5) is 4.39 Å². The molecule has 0 saturated carbocycles. The van der Waals surface area contributed by atoms with Crippen molar-refractivity contribution in [1.82, 2.24) is 25.4 Å². The van der Waals surface area contributed by atoms with Gasteiger partial charge in [-0.2, -0.15) is 5.10 Å². The molecule has 1 amide bonds. The number of aromatic nitrogens is 3. The van der Waals surface area contributed by atoms with Gasteiger partial charge in [-0.1, -0.05) is 6.07 Å². The van der Waals surface area contributed by atoms with Crippen molar-refractivity contribution in [3.8, 4) is 5.82 Å². The third-order valence-electron chi connectivity index (χ3n) is 3.77. The van der Waals surface area contributed by atoms with E-state index < -0.39 is 5.82 Å². The van der Waals surface area contributed by atoms with Gasteiger partial charge in [-0.05, 0) is 37.6 Å². The monoisotopic (exact) mass is 303 g/mol. The zero-order chi connectivity index (χ0) is 15.4. The number of hydrogen-bond acceptors (Lipinski definition) is 4. The molecule has 0 spiro atoms. The zero-order valence-electron chi connectivity index (χ0n) is 12.1. The molecule has 1 aliphatic rings. The number of nitrogens with zero attached hydrogens (tertiary/aromatic N) is 3. The molecule has 0 aromatic carbocycles. The van der Waals surface area contributed by atoms with E-state index in [-0.39, 0.29) is 11.8 Å². The van der Waals surface area contributed by atoms with Crippen LogP contribution in [0.1, 0.15) is 18.4 Å². The predicted molar refractivity (Wildman–Crippen MR) is 78.8 cm³/mol. The van der Waals surface area contributed by atoms with Crippen LogP contribution in [0.2, 0.25) is 0 Å². The lowest BCUT2D eigenvalue weighted by molar-refractivity contribution is -0.125. The largest absolute Gasteiger partial charge is 0.352 e. The van der Waals surface area contributed by atoms with E-state index in [1.54, 1.807) is 12.3 Å². The highest BCUT2D eigenvalue weighted by atomic mass is 19.1. The van der Waals surface area contributed by atoms with Crippen LogP contribution in [0.25, 0.3) is 5.82 Å². The minimum Gasteiger partial charge on any atom is -0.352 e. The summed E-state index contributed by atoms with van der Waals surface area (Å²) in [5.41, 5.74) is 0.902. The van der Waals surface area contributed by atoms with E-state index in [1.165, 1.54) is 10.9 Å². The van der Waals surface area contributed by atoms with E-state index in [0.29, 0.717) is 12.4 Å². The van der Waals surface area contributed by atoms with Gasteiger partial charge in [-0.15, -0.1) is 0 Å². The molecule has 0 aliphatic carbocycles. The zero-order valence-corrected chi connectivity index (χ0v) is 12.1. The summed E-state index contributed by atoms with van der Waals surface area (Å²) in [5, 5.41) is 10.0. The van der Waals surface area contributed by atoms with Crippen molar-refractivity contribution in [2.24, 2.45) is 5.92 Å². The summed E-state index contributed by atoms with van der Waals surface area (Å²) >= 11 is 0. The van der Waals surface area contributed by atoms with Crippen LogP contribution in [0, 0.1) is 11.7 Å². The summed E-state index contributed by atoms with van der Waals surface area (Å²) in [6.07, 6.45) is 5.83. The second-order valence-electron chi connectivity index (χ2n) is 5.37. The Morgan fingerprint density at radius 1 is 1.36 bits per heavy atom. The first kappa shape index (κ1) is 14.6. The highest BCUT2D eigenvalue weighted by Crippen LogP contribution is 2.12. The molecule has 7 heteroatoms. The molecule has 2 N–H and O–H groups in total. The first-order valence-electron chi connectivity index (χ1n) is 7.36. The lowest BCUT2D eigenvalue weighted by atomic mass is 9.97. The maximum absolute atomic E-state index is 12.9. The average molecular weight is 303 g/mol. The smallest absolute Gasteiger partial charge is 0.223 e. The Bertz CT molecular complexity index is 634. The average Bonchev–Trinajstić information content (AvgIpc) is 3.00. The quantitative estimate of drug-likeness (QED) is 0.885. The van der Waals surface area contributed by atoms with Crippen LogP contribution in [0.5, 0.6) is 0 Å². The number of amides is 1. The second-order valence-corrected chi connectivity index (χ2v) is 5.37. The highest BCUT2D eigenvalue weighted by Gasteiger charge is 2.20. The van der Waals surface area contributed by atoms with Crippen LogP contribution in [0.15, 0.2) is 30.7 Å². The van der Waals surface area contributed by atoms with Gasteiger partial charge in [0.05, 0.1) is 12.4 Å². The molecule has 1 saturated heterocycles. The standard InChI is InChI=1S/C15H18FN5O/c16-13-9-20-21(10-13)14-2-1-11(7-18-14)8-19-15(22)12-3-5-17-6-4-12/h1-2,7,9-10,12,17H,3-6,8H2,(H,19,22). The molecular weight excluding hydrogens is 285 g/mol. The van der Waals surface area contributed by atoms with E-state index in [1.807, 2.05) is 6.07 Å². The van der Waals surface area contributed by atoms with Crippen LogP contribution in [-0.2, 0) is 11.3 Å². The van der Waals surface area contributed by atoms with E-state index in [2.05, 4.69) is 20.7 Å². The van der Waals surface area contributed by atoms with E-state index in [9.17, 15) is 9.18 Å². The van der Waals surface area contributed by atoms with Crippen molar-refractivity contribution in [2.45, 2.75) is 19.4 Å². The minimum atomic E-state index is -0.403. The van der Waals surface area contributed by atoms with Crippen molar-refractivity contribution in [3.05, 3.63) is 42.1 Å². The van der Waals surface area contributed by atoms with Gasteiger partial charge in [0, 0.05) is 18.7 Å². The second kappa shape index (κ2) is 6.65. The van der Waals surface area contributed by atoms with Crippen LogP contribution >= 0.6 is 0 Å². The fourth-order valence-corrected chi connectivity index (χ4v) is 2.50. The molecule has 3 heterocycles. The number of rotatable bonds is 4. The molecule has 22 heavy (non-hydrogen) atoms. The normalized spacial score (nSPS) is 15.7. The topological polar surface area (TPSA) is 71.8 Å². The number of carbonyl (C=O) groups excluding carboxylic acids is 1. The number of piperidine rings is 1. The number of carbonyl (C=O) groups is 1. The number of halogens is 1. The van der Waals surface area contributed by atoms with Gasteiger partial charge in [0.15, 0.2) is 11.6 Å². The lowest BCUT2D eigenvalue weighted by Crippen LogP contribution is -2.37. The SMILES string of the molecule is O=C(NCc1ccc(-n2cc(F)cn2)nc1)C1CCNCC1. The summed E-state index contributed by atoms with van der Waals surface area (Å²) in [6.45, 7) is 2.24. The third-order valence-corrected chi connectivity index (χ3v) is 3.77. The van der Waals surface area contributed by atoms with E-state index >= 15 is 0 Å². The highest BCUT2D eigenvalue weighted by molar-refractivity contribution is 5.78. The van der Waals surface area contributed by atoms with Gasteiger partial charge in [-0.3, -0.25) is 4.79 Å². The maximum Gasteiger partial charge on any atom is 0.223 e. The molecule has 1 fully saturated rings. The molecule has 0 atom stereocenters. The van der Waals surface area contributed by atoms with Gasteiger partial charge < -0.3 is 10.6 Å². The molecular formula is C15H18FN5O. The fourth-order valence-electron chi connectivity index (χ4n) is 2.50. The van der Waals surface area contributed by atoms with Crippen LogP contribution < -0.4 is 10.6 Å². The fraction of sp³-hybridized carbons (Fsp3) is 0.400. The molecule has 0 bridgehead atoms. The molecule has 3 rings (SSSR count). The Hall–Kier alpha value is -2.28. The Balaban J connectivity index is 1.56. The Morgan fingerprint density at radius 2 is 2.18 bits per heavy atom. The molecule has 2 aromatic rings. The van der Waals surface area contributed by atoms with Gasteiger partial charge in [0.1, 0.15) is 0 Å². The van der Waals surface area contributed by atoms with Crippen molar-refractivity contribution in [2.75, 3.05) is 13.1 Å². The lowest BCUT2D eigenvalue weighted by Gasteiger charge is -2.21. The molecule has 1 aliphatic heterocycles. The Morgan fingerprint density at radius 3 is 2.82 bits per heavy atom. The van der Waals surface area contributed by atoms with Gasteiger partial charge in [-0.25, -0.2) is 14.1 Å². The third kappa shape index (κ3) is 3.48. The first-order valence-corrected chi connectivity index (χ1v) is 7.36. The Labute approximate surface area is 127 Å². The summed E-state index contributed by atoms with van der Waals surface area (Å²) < 4.78 is 14.3. The Kier molecular flexibility index (Phi) is 4.43. The van der Waals surface area contributed by atoms with Crippen molar-refractivity contribution >= 4 is 5.91 Å². The summed E-state index contributed by atoms with van der Waals surface area (Å²) in [5.74, 6) is 0.331. The van der Waals surface area contributed by atoms with Crippen molar-refractivity contribution in [1.29, 1.82) is 0 Å². The first-order chi connectivity index (χ1) is 10.7. The number of hydrogen-bond donors (Lipinski definition) is 2. The molecule has 0 unspecified atom stereocenters. The number of nitrogens with one attached hydrogen (secondary N) is 2. The summed E-state index contributed by atoms with van der Waals surface area (Å²) in [6, 6.07) is 3.60. The molecule has 2 aromatic heterocycles. The summed E-state index contributed by atoms with van der Waals surface area (Å²) in [4.78, 5) is 16.3. The van der Waals surface area contributed by atoms with E-state index in [0.717, 1.165) is 37.7 Å². The van der Waals surface area contributed by atoms with Crippen LogP contribution in [0.3, 0.4) is 0 Å². The predicted octanol–water partition coefficient (Wildman–Crippen LogP) is 1.02. The maximum atomic E-state index is 12.9. The van der Waals surface area contributed by atoms with Gasteiger partial charge >= 0.3 is 0 Å². The van der Waals surface area contributed by atoms with E-state index in [4.69, 9.17) is 0 Å². The minimum absolute atomic E-state index is 0.0970. The summed E-state index contributed by atoms with van der Waals surface area (Å²) in [7, 11) is 0. The number of pyridine rings is 1. The van der Waals surface area contributed by atoms with Gasteiger partial charge in [0.2, 0.25) is 5.91 Å².